The molecule has 0 fully saturated rings. The topological polar surface area (TPSA) is 54.5 Å². The number of nitrogens with zero attached hydrogens (tertiary/aromatic N) is 2. The molecule has 0 aliphatic carbocycles. The highest BCUT2D eigenvalue weighted by Crippen LogP contribution is 2.37. The number of rotatable bonds is 5. The van der Waals surface area contributed by atoms with E-state index in [0.29, 0.717) is 35.0 Å². The molecule has 1 aliphatic heterocycles. The lowest BCUT2D eigenvalue weighted by Crippen LogP contribution is -2.32. The number of halogens is 2. The number of benzene rings is 2. The molecule has 0 saturated carbocycles. The Morgan fingerprint density at radius 1 is 1.11 bits per heavy atom. The van der Waals surface area contributed by atoms with Crippen LogP contribution >= 0.6 is 0 Å². The molecular formula is C21H17F2N3O2. The van der Waals surface area contributed by atoms with Crippen LogP contribution in [0.1, 0.15) is 29.1 Å². The standard InChI is InChI=1S/C21H17F2N3O2/c1-2-28-15-8-6-14(7-9-15)26-20(19-16(21(26)27)4-3-11-24-19)25-13-5-10-17(22)18(23)12-13/h3-12,20,25H,2H2,1H3. The molecule has 0 saturated heterocycles. The highest BCUT2D eigenvalue weighted by atomic mass is 19.2. The zero-order valence-electron chi connectivity index (χ0n) is 15.0. The fourth-order valence-electron chi connectivity index (χ4n) is 3.20. The fraction of sp³-hybridized carbons (Fsp3) is 0.143. The Morgan fingerprint density at radius 2 is 1.89 bits per heavy atom. The van der Waals surface area contributed by atoms with Crippen LogP contribution in [0, 0.1) is 11.6 Å². The Balaban J connectivity index is 1.72. The van der Waals surface area contributed by atoms with Crippen LogP contribution in [0.3, 0.4) is 0 Å². The van der Waals surface area contributed by atoms with Crippen LogP contribution in [0.15, 0.2) is 60.8 Å². The maximum atomic E-state index is 13.6. The molecule has 0 bridgehead atoms. The normalized spacial score (nSPS) is 15.5. The molecule has 4 rings (SSSR count). The van der Waals surface area contributed by atoms with Crippen LogP contribution in [0.4, 0.5) is 20.2 Å². The van der Waals surface area contributed by atoms with E-state index in [-0.39, 0.29) is 5.91 Å². The minimum absolute atomic E-state index is 0.229. The predicted octanol–water partition coefficient (Wildman–Crippen LogP) is 4.53. The van der Waals surface area contributed by atoms with Crippen LogP contribution in [-0.4, -0.2) is 17.5 Å². The molecule has 1 amide bonds. The average Bonchev–Trinajstić information content (AvgIpc) is 2.98. The SMILES string of the molecule is CCOc1ccc(N2C(=O)c3cccnc3C2Nc2ccc(F)c(F)c2)cc1. The molecule has 142 valence electrons. The number of amides is 1. The summed E-state index contributed by atoms with van der Waals surface area (Å²) < 4.78 is 32.4. The zero-order chi connectivity index (χ0) is 19.7. The number of nitrogens with one attached hydrogen (secondary N) is 1. The molecule has 1 unspecified atom stereocenters. The lowest BCUT2D eigenvalue weighted by Gasteiger charge is -2.26. The number of aromatic nitrogens is 1. The van der Waals surface area contributed by atoms with Gasteiger partial charge in [-0.2, -0.15) is 0 Å². The van der Waals surface area contributed by atoms with Crippen molar-refractivity contribution in [3.63, 3.8) is 0 Å². The van der Waals surface area contributed by atoms with E-state index in [2.05, 4.69) is 10.3 Å². The molecule has 1 aromatic heterocycles. The molecule has 0 spiro atoms. The third-order valence-electron chi connectivity index (χ3n) is 4.45. The van der Waals surface area contributed by atoms with Gasteiger partial charge in [0.15, 0.2) is 17.8 Å². The van der Waals surface area contributed by atoms with Crippen molar-refractivity contribution in [3.05, 3.63) is 83.7 Å². The van der Waals surface area contributed by atoms with Crippen LogP contribution < -0.4 is 15.0 Å². The van der Waals surface area contributed by atoms with Gasteiger partial charge in [-0.15, -0.1) is 0 Å². The minimum Gasteiger partial charge on any atom is -0.494 e. The third-order valence-corrected chi connectivity index (χ3v) is 4.45. The quantitative estimate of drug-likeness (QED) is 0.706. The van der Waals surface area contributed by atoms with Crippen molar-refractivity contribution >= 4 is 17.3 Å². The summed E-state index contributed by atoms with van der Waals surface area (Å²) in [4.78, 5) is 18.9. The van der Waals surface area contributed by atoms with Gasteiger partial charge < -0.3 is 10.1 Å². The lowest BCUT2D eigenvalue weighted by atomic mass is 10.2. The summed E-state index contributed by atoms with van der Waals surface area (Å²) >= 11 is 0. The molecule has 1 aliphatic rings. The number of hydrogen-bond acceptors (Lipinski definition) is 4. The highest BCUT2D eigenvalue weighted by molar-refractivity contribution is 6.11. The molecule has 2 heterocycles. The smallest absolute Gasteiger partial charge is 0.262 e. The molecule has 5 nitrogen and oxygen atoms in total. The minimum atomic E-state index is -0.969. The van der Waals surface area contributed by atoms with Gasteiger partial charge in [0, 0.05) is 23.6 Å². The lowest BCUT2D eigenvalue weighted by molar-refractivity contribution is 0.0993. The molecule has 7 heteroatoms. The number of anilines is 2. The number of carbonyl (C=O) groups is 1. The van der Waals surface area contributed by atoms with Gasteiger partial charge in [-0.3, -0.25) is 14.7 Å². The van der Waals surface area contributed by atoms with Gasteiger partial charge in [0.05, 0.1) is 17.9 Å². The van der Waals surface area contributed by atoms with Crippen molar-refractivity contribution in [2.45, 2.75) is 13.1 Å². The van der Waals surface area contributed by atoms with Crippen LogP contribution in [0.25, 0.3) is 0 Å². The fourth-order valence-corrected chi connectivity index (χ4v) is 3.20. The molecule has 2 aromatic carbocycles. The Bertz CT molecular complexity index is 1020. The molecule has 28 heavy (non-hydrogen) atoms. The van der Waals surface area contributed by atoms with Gasteiger partial charge >= 0.3 is 0 Å². The summed E-state index contributed by atoms with van der Waals surface area (Å²) in [6.45, 7) is 2.43. The first kappa shape index (κ1) is 17.9. The van der Waals surface area contributed by atoms with Crippen molar-refractivity contribution in [2.24, 2.45) is 0 Å². The van der Waals surface area contributed by atoms with Crippen molar-refractivity contribution in [2.75, 3.05) is 16.8 Å². The van der Waals surface area contributed by atoms with Gasteiger partial charge in [0.25, 0.3) is 5.91 Å². The second kappa shape index (κ2) is 7.26. The van der Waals surface area contributed by atoms with Gasteiger partial charge in [-0.05, 0) is 55.5 Å². The van der Waals surface area contributed by atoms with Crippen molar-refractivity contribution < 1.29 is 18.3 Å². The maximum absolute atomic E-state index is 13.6. The second-order valence-electron chi connectivity index (χ2n) is 6.21. The van der Waals surface area contributed by atoms with E-state index in [4.69, 9.17) is 4.74 Å². The van der Waals surface area contributed by atoms with Crippen molar-refractivity contribution in [1.82, 2.24) is 4.98 Å². The van der Waals surface area contributed by atoms with Gasteiger partial charge in [-0.25, -0.2) is 8.78 Å². The average molecular weight is 381 g/mol. The summed E-state index contributed by atoms with van der Waals surface area (Å²) in [6.07, 6.45) is 0.930. The van der Waals surface area contributed by atoms with E-state index in [1.165, 1.54) is 11.0 Å². The summed E-state index contributed by atoms with van der Waals surface area (Å²) in [5, 5.41) is 3.09. The van der Waals surface area contributed by atoms with E-state index in [0.717, 1.165) is 12.1 Å². The van der Waals surface area contributed by atoms with Crippen molar-refractivity contribution in [1.29, 1.82) is 0 Å². The molecular weight excluding hydrogens is 364 g/mol. The van der Waals surface area contributed by atoms with Crippen LogP contribution in [-0.2, 0) is 0 Å². The number of pyridine rings is 1. The first-order valence-electron chi connectivity index (χ1n) is 8.81. The molecule has 1 atom stereocenters. The van der Waals surface area contributed by atoms with Crippen LogP contribution in [0.5, 0.6) is 5.75 Å². The largest absolute Gasteiger partial charge is 0.494 e. The summed E-state index contributed by atoms with van der Waals surface area (Å²) in [6, 6.07) is 14.0. The van der Waals surface area contributed by atoms with Gasteiger partial charge in [0.2, 0.25) is 0 Å². The Labute approximate surface area is 160 Å². The number of fused-ring (bicyclic) bond motifs is 1. The summed E-state index contributed by atoms with van der Waals surface area (Å²) in [7, 11) is 0. The van der Waals surface area contributed by atoms with E-state index < -0.39 is 17.8 Å². The predicted molar refractivity (Wildman–Crippen MR) is 101 cm³/mol. The first-order valence-corrected chi connectivity index (χ1v) is 8.81. The number of carbonyl (C=O) groups excluding carboxylic acids is 1. The van der Waals surface area contributed by atoms with E-state index in [9.17, 15) is 13.6 Å². The van der Waals surface area contributed by atoms with Gasteiger partial charge in [-0.1, -0.05) is 0 Å². The van der Waals surface area contributed by atoms with E-state index in [1.54, 1.807) is 42.6 Å². The zero-order valence-corrected chi connectivity index (χ0v) is 15.0. The van der Waals surface area contributed by atoms with Gasteiger partial charge in [0.1, 0.15) is 5.75 Å². The van der Waals surface area contributed by atoms with Crippen LogP contribution in [0.2, 0.25) is 0 Å². The Morgan fingerprint density at radius 3 is 2.61 bits per heavy atom. The monoisotopic (exact) mass is 381 g/mol. The molecule has 3 aromatic rings. The Hall–Kier alpha value is -3.48. The molecule has 1 N–H and O–H groups in total. The molecule has 0 radical (unpaired) electrons. The third kappa shape index (κ3) is 3.15. The maximum Gasteiger partial charge on any atom is 0.262 e. The van der Waals surface area contributed by atoms with Crippen molar-refractivity contribution in [3.8, 4) is 5.75 Å². The van der Waals surface area contributed by atoms with E-state index >= 15 is 0 Å². The summed E-state index contributed by atoms with van der Waals surface area (Å²) in [5.74, 6) is -1.44. The first-order chi connectivity index (χ1) is 13.6. The summed E-state index contributed by atoms with van der Waals surface area (Å²) in [5.41, 5.74) is 1.94. The number of hydrogen-bond donors (Lipinski definition) is 1. The Kier molecular flexibility index (Phi) is 4.65. The second-order valence-corrected chi connectivity index (χ2v) is 6.21. The van der Waals surface area contributed by atoms with E-state index in [1.807, 2.05) is 6.92 Å². The highest BCUT2D eigenvalue weighted by Gasteiger charge is 2.39. The number of ether oxygens (including phenoxy) is 1.